The van der Waals surface area contributed by atoms with E-state index in [0.717, 1.165) is 0 Å². The minimum absolute atomic E-state index is 0.0379. The van der Waals surface area contributed by atoms with Crippen LogP contribution in [0.25, 0.3) is 0 Å². The summed E-state index contributed by atoms with van der Waals surface area (Å²) in [4.78, 5) is 51.0. The molecule has 13 nitrogen and oxygen atoms in total. The Morgan fingerprint density at radius 3 is 2.10 bits per heavy atom. The van der Waals surface area contributed by atoms with Gasteiger partial charge in [-0.2, -0.15) is 0 Å². The SMILES string of the molecule is CS(=O)CCC(N)C(=O)NC(CCC(N)=O)C(=O)NC(CCCN=C(N)N)C(=O)O. The van der Waals surface area contributed by atoms with Crippen LogP contribution in [0.1, 0.15) is 32.1 Å². The van der Waals surface area contributed by atoms with E-state index < -0.39 is 52.6 Å². The summed E-state index contributed by atoms with van der Waals surface area (Å²) in [6.07, 6.45) is 1.56. The van der Waals surface area contributed by atoms with Crippen molar-refractivity contribution < 1.29 is 28.5 Å². The highest BCUT2D eigenvalue weighted by molar-refractivity contribution is 7.84. The van der Waals surface area contributed by atoms with Gasteiger partial charge >= 0.3 is 5.97 Å². The third kappa shape index (κ3) is 12.7. The number of hydrogen-bond donors (Lipinski definition) is 7. The van der Waals surface area contributed by atoms with Gasteiger partial charge in [-0.15, -0.1) is 0 Å². The predicted octanol–water partition coefficient (Wildman–Crippen LogP) is -3.54. The number of nitrogens with one attached hydrogen (secondary N) is 2. The van der Waals surface area contributed by atoms with Crippen molar-refractivity contribution in [3.63, 3.8) is 0 Å². The van der Waals surface area contributed by atoms with E-state index in [1.807, 2.05) is 0 Å². The highest BCUT2D eigenvalue weighted by Gasteiger charge is 2.28. The van der Waals surface area contributed by atoms with Crippen LogP contribution in [0, 0.1) is 0 Å². The number of rotatable bonds is 15. The van der Waals surface area contributed by atoms with Gasteiger partial charge in [0.25, 0.3) is 0 Å². The summed E-state index contributed by atoms with van der Waals surface area (Å²) in [5, 5.41) is 14.0. The first-order valence-electron chi connectivity index (χ1n) is 9.16. The monoisotopic (exact) mass is 449 g/mol. The third-order valence-corrected chi connectivity index (χ3v) is 4.74. The normalized spacial score (nSPS) is 14.6. The number of aliphatic carboxylic acids is 1. The molecule has 0 aliphatic heterocycles. The first-order chi connectivity index (χ1) is 13.9. The highest BCUT2D eigenvalue weighted by atomic mass is 32.2. The molecule has 0 saturated carbocycles. The van der Waals surface area contributed by atoms with E-state index in [-0.39, 0.29) is 50.4 Å². The summed E-state index contributed by atoms with van der Waals surface area (Å²) in [5.41, 5.74) is 21.2. The summed E-state index contributed by atoms with van der Waals surface area (Å²) in [6.45, 7) is 0.178. The topological polar surface area (TPSA) is 246 Å². The lowest BCUT2D eigenvalue weighted by Gasteiger charge is -2.22. The lowest BCUT2D eigenvalue weighted by Crippen LogP contribution is -2.54. The number of nitrogens with two attached hydrogens (primary N) is 4. The fraction of sp³-hybridized carbons (Fsp3) is 0.688. The molecule has 3 amide bonds. The summed E-state index contributed by atoms with van der Waals surface area (Å²) < 4.78 is 11.1. The Kier molecular flexibility index (Phi) is 13.0. The number of guanidine groups is 1. The molecule has 0 aromatic heterocycles. The number of carboxylic acids is 1. The van der Waals surface area contributed by atoms with Crippen LogP contribution in [-0.2, 0) is 30.0 Å². The van der Waals surface area contributed by atoms with Crippen molar-refractivity contribution in [1.29, 1.82) is 0 Å². The van der Waals surface area contributed by atoms with Crippen LogP contribution in [-0.4, -0.2) is 75.6 Å². The number of carboxylic acid groups (broad SMARTS) is 1. The van der Waals surface area contributed by atoms with Crippen LogP contribution in [0.2, 0.25) is 0 Å². The second kappa shape index (κ2) is 14.3. The van der Waals surface area contributed by atoms with Gasteiger partial charge in [-0.25, -0.2) is 4.79 Å². The van der Waals surface area contributed by atoms with Gasteiger partial charge in [0.05, 0.1) is 6.04 Å². The number of primary amides is 1. The van der Waals surface area contributed by atoms with Gasteiger partial charge in [-0.3, -0.25) is 23.6 Å². The Bertz CT molecular complexity index is 668. The molecule has 4 unspecified atom stereocenters. The van der Waals surface area contributed by atoms with Gasteiger partial charge in [-0.05, 0) is 25.7 Å². The molecule has 30 heavy (non-hydrogen) atoms. The Balaban J connectivity index is 5.05. The summed E-state index contributed by atoms with van der Waals surface area (Å²) in [7, 11) is -1.14. The molecule has 14 heteroatoms. The number of hydrogen-bond acceptors (Lipinski definition) is 7. The van der Waals surface area contributed by atoms with Crippen LogP contribution >= 0.6 is 0 Å². The van der Waals surface area contributed by atoms with E-state index >= 15 is 0 Å². The second-order valence-corrected chi connectivity index (χ2v) is 8.14. The summed E-state index contributed by atoms with van der Waals surface area (Å²) in [6, 6.07) is -3.49. The Hall–Kier alpha value is -2.74. The Morgan fingerprint density at radius 1 is 1.00 bits per heavy atom. The van der Waals surface area contributed by atoms with Crippen LogP contribution < -0.4 is 33.6 Å². The number of amides is 3. The molecular formula is C16H31N7O6S. The van der Waals surface area contributed by atoms with E-state index in [2.05, 4.69) is 15.6 Å². The van der Waals surface area contributed by atoms with Crippen molar-refractivity contribution in [3.8, 4) is 0 Å². The van der Waals surface area contributed by atoms with Gasteiger partial charge in [0.15, 0.2) is 5.96 Å². The molecule has 0 aromatic carbocycles. The number of aliphatic imine (C=N–C) groups is 1. The Labute approximate surface area is 176 Å². The van der Waals surface area contributed by atoms with Crippen molar-refractivity contribution in [2.24, 2.45) is 27.9 Å². The third-order valence-electron chi connectivity index (χ3n) is 3.93. The van der Waals surface area contributed by atoms with Crippen LogP contribution in [0.15, 0.2) is 4.99 Å². The highest BCUT2D eigenvalue weighted by Crippen LogP contribution is 2.04. The number of nitrogens with zero attached hydrogens (tertiary/aromatic N) is 1. The maximum atomic E-state index is 12.5. The van der Waals surface area contributed by atoms with Crippen LogP contribution in [0.4, 0.5) is 0 Å². The summed E-state index contributed by atoms with van der Waals surface area (Å²) >= 11 is 0. The van der Waals surface area contributed by atoms with Crippen molar-refractivity contribution in [1.82, 2.24) is 10.6 Å². The molecule has 4 atom stereocenters. The molecule has 0 fully saturated rings. The van der Waals surface area contributed by atoms with Gasteiger partial charge in [0.2, 0.25) is 17.7 Å². The fourth-order valence-electron chi connectivity index (χ4n) is 2.29. The van der Waals surface area contributed by atoms with Gasteiger partial charge < -0.3 is 38.7 Å². The zero-order chi connectivity index (χ0) is 23.3. The molecule has 0 aliphatic rings. The fourth-order valence-corrected chi connectivity index (χ4v) is 2.88. The van der Waals surface area contributed by atoms with E-state index in [1.165, 1.54) is 6.26 Å². The molecule has 0 aromatic rings. The lowest BCUT2D eigenvalue weighted by atomic mass is 10.1. The van der Waals surface area contributed by atoms with E-state index in [4.69, 9.17) is 22.9 Å². The lowest BCUT2D eigenvalue weighted by molar-refractivity contribution is -0.142. The first-order valence-corrected chi connectivity index (χ1v) is 10.9. The number of carbonyl (C=O) groups is 4. The van der Waals surface area contributed by atoms with Crippen molar-refractivity contribution in [2.75, 3.05) is 18.6 Å². The zero-order valence-corrected chi connectivity index (χ0v) is 17.7. The van der Waals surface area contributed by atoms with E-state index in [9.17, 15) is 28.5 Å². The first kappa shape index (κ1) is 27.3. The smallest absolute Gasteiger partial charge is 0.326 e. The molecule has 11 N–H and O–H groups in total. The molecular weight excluding hydrogens is 418 g/mol. The molecule has 172 valence electrons. The minimum atomic E-state index is -1.28. The van der Waals surface area contributed by atoms with Gasteiger partial charge in [0, 0.05) is 35.8 Å². The average Bonchev–Trinajstić information content (AvgIpc) is 2.64. The van der Waals surface area contributed by atoms with Crippen molar-refractivity contribution in [2.45, 2.75) is 50.2 Å². The second-order valence-electron chi connectivity index (χ2n) is 6.59. The molecule has 0 saturated heterocycles. The summed E-state index contributed by atoms with van der Waals surface area (Å²) in [5.74, 6) is -3.41. The number of carbonyl (C=O) groups excluding carboxylic acids is 3. The van der Waals surface area contributed by atoms with Gasteiger partial charge in [0.1, 0.15) is 12.1 Å². The molecule has 0 aliphatic carbocycles. The Morgan fingerprint density at radius 2 is 1.60 bits per heavy atom. The zero-order valence-electron chi connectivity index (χ0n) is 16.8. The average molecular weight is 450 g/mol. The van der Waals surface area contributed by atoms with Crippen molar-refractivity contribution in [3.05, 3.63) is 0 Å². The molecule has 0 spiro atoms. The van der Waals surface area contributed by atoms with Gasteiger partial charge in [-0.1, -0.05) is 0 Å². The largest absolute Gasteiger partial charge is 0.480 e. The predicted molar refractivity (Wildman–Crippen MR) is 111 cm³/mol. The quantitative estimate of drug-likeness (QED) is 0.0741. The van der Waals surface area contributed by atoms with Crippen molar-refractivity contribution >= 4 is 40.4 Å². The molecule has 0 rings (SSSR count). The maximum absolute atomic E-state index is 12.5. The standard InChI is InChI=1S/C16H31N7O6S/c1-30(29)8-6-9(17)13(25)22-10(4-5-12(18)24)14(26)23-11(15(27)28)3-2-7-21-16(19)20/h9-11H,2-8,17H2,1H3,(H2,18,24)(H,22,25)(H,23,26)(H,27,28)(H4,19,20,21). The van der Waals surface area contributed by atoms with E-state index in [0.29, 0.717) is 0 Å². The van der Waals surface area contributed by atoms with E-state index in [1.54, 1.807) is 0 Å². The maximum Gasteiger partial charge on any atom is 0.326 e. The molecule has 0 heterocycles. The molecule has 0 bridgehead atoms. The van der Waals surface area contributed by atoms with Crippen LogP contribution in [0.5, 0.6) is 0 Å². The molecule has 0 radical (unpaired) electrons. The van der Waals surface area contributed by atoms with Crippen LogP contribution in [0.3, 0.4) is 0 Å². The minimum Gasteiger partial charge on any atom is -0.480 e.